The van der Waals surface area contributed by atoms with Gasteiger partial charge in [0.15, 0.2) is 0 Å². The highest BCUT2D eigenvalue weighted by Crippen LogP contribution is 2.34. The number of anilines is 1. The third kappa shape index (κ3) is 3.18. The van der Waals surface area contributed by atoms with Crippen LogP contribution in [0.1, 0.15) is 24.8 Å². The van der Waals surface area contributed by atoms with E-state index in [-0.39, 0.29) is 42.5 Å². The number of para-hydroxylation sites is 1. The molecule has 2 atom stereocenters. The second kappa shape index (κ2) is 6.86. The summed E-state index contributed by atoms with van der Waals surface area (Å²) in [6.07, 6.45) is 5.23. The molecule has 1 heterocycles. The number of hydrogen-bond acceptors (Lipinski definition) is 4. The number of aryl methyl sites for hydroxylation is 1. The Bertz CT molecular complexity index is 673. The molecule has 3 amide bonds. The number of nitrogens with one attached hydrogen (secondary N) is 2. The van der Waals surface area contributed by atoms with Crippen molar-refractivity contribution in [3.8, 4) is 0 Å². The average molecular weight is 327 g/mol. The molecule has 1 fully saturated rings. The molecule has 6 nitrogen and oxygen atoms in total. The summed E-state index contributed by atoms with van der Waals surface area (Å²) in [6.45, 7) is 2.07. The highest BCUT2D eigenvalue weighted by atomic mass is 16.2. The van der Waals surface area contributed by atoms with Gasteiger partial charge in [0.2, 0.25) is 17.7 Å². The van der Waals surface area contributed by atoms with Gasteiger partial charge in [-0.3, -0.25) is 30.1 Å². The molecule has 0 saturated carbocycles. The van der Waals surface area contributed by atoms with E-state index in [1.165, 1.54) is 4.90 Å². The minimum atomic E-state index is -0.258. The van der Waals surface area contributed by atoms with Crippen molar-refractivity contribution in [2.45, 2.75) is 26.2 Å². The van der Waals surface area contributed by atoms with Crippen LogP contribution in [-0.4, -0.2) is 29.2 Å². The second-order valence-corrected chi connectivity index (χ2v) is 6.22. The molecular weight excluding hydrogens is 306 g/mol. The van der Waals surface area contributed by atoms with Gasteiger partial charge in [-0.25, -0.2) is 0 Å². The monoisotopic (exact) mass is 327 g/mol. The number of carbonyl (C=O) groups is 3. The van der Waals surface area contributed by atoms with Crippen LogP contribution in [-0.2, 0) is 14.4 Å². The number of nitrogens with zero attached hydrogens (tertiary/aromatic N) is 1. The molecule has 0 spiro atoms. The number of benzene rings is 1. The van der Waals surface area contributed by atoms with Gasteiger partial charge in [-0.2, -0.15) is 0 Å². The van der Waals surface area contributed by atoms with Gasteiger partial charge in [0, 0.05) is 13.0 Å². The first-order chi connectivity index (χ1) is 11.6. The van der Waals surface area contributed by atoms with Crippen molar-refractivity contribution in [1.82, 2.24) is 10.3 Å². The van der Waals surface area contributed by atoms with Crippen LogP contribution in [0.5, 0.6) is 0 Å². The molecule has 1 aromatic rings. The molecule has 126 valence electrons. The number of allylic oxidation sites excluding steroid dienone is 2. The highest BCUT2D eigenvalue weighted by Gasteiger charge is 2.46. The number of amides is 3. The topological polar surface area (TPSA) is 78.5 Å². The zero-order valence-corrected chi connectivity index (χ0v) is 13.6. The Balaban J connectivity index is 1.51. The summed E-state index contributed by atoms with van der Waals surface area (Å²) >= 11 is 0. The summed E-state index contributed by atoms with van der Waals surface area (Å²) in [6, 6.07) is 7.59. The lowest BCUT2D eigenvalue weighted by atomic mass is 9.85. The van der Waals surface area contributed by atoms with E-state index in [1.54, 1.807) is 0 Å². The lowest BCUT2D eigenvalue weighted by Crippen LogP contribution is -2.37. The summed E-state index contributed by atoms with van der Waals surface area (Å²) in [5, 5.41) is 0. The first-order valence-electron chi connectivity index (χ1n) is 8.18. The summed E-state index contributed by atoms with van der Waals surface area (Å²) in [5.41, 5.74) is 7.30. The molecule has 0 aromatic heterocycles. The van der Waals surface area contributed by atoms with Crippen LogP contribution in [0.15, 0.2) is 36.4 Å². The van der Waals surface area contributed by atoms with E-state index < -0.39 is 0 Å². The van der Waals surface area contributed by atoms with Crippen LogP contribution < -0.4 is 10.9 Å². The van der Waals surface area contributed by atoms with Gasteiger partial charge in [-0.15, -0.1) is 0 Å². The van der Waals surface area contributed by atoms with Crippen LogP contribution in [0.3, 0.4) is 0 Å². The third-order valence-electron chi connectivity index (χ3n) is 4.64. The molecule has 0 radical (unpaired) electrons. The fraction of sp³-hybridized carbons (Fsp3) is 0.389. The molecule has 24 heavy (non-hydrogen) atoms. The van der Waals surface area contributed by atoms with Gasteiger partial charge in [0.05, 0.1) is 17.5 Å². The summed E-state index contributed by atoms with van der Waals surface area (Å²) in [5.74, 6) is -1.03. The van der Waals surface area contributed by atoms with Crippen LogP contribution >= 0.6 is 0 Å². The lowest BCUT2D eigenvalue weighted by molar-refractivity contribution is -0.140. The van der Waals surface area contributed by atoms with Crippen molar-refractivity contribution >= 4 is 23.4 Å². The zero-order valence-electron chi connectivity index (χ0n) is 13.6. The van der Waals surface area contributed by atoms with Crippen molar-refractivity contribution in [1.29, 1.82) is 0 Å². The van der Waals surface area contributed by atoms with Crippen molar-refractivity contribution in [3.05, 3.63) is 42.0 Å². The third-order valence-corrected chi connectivity index (χ3v) is 4.64. The molecule has 0 bridgehead atoms. The largest absolute Gasteiger partial charge is 0.298 e. The van der Waals surface area contributed by atoms with Crippen molar-refractivity contribution < 1.29 is 14.4 Å². The molecule has 1 saturated heterocycles. The van der Waals surface area contributed by atoms with Crippen molar-refractivity contribution in [3.63, 3.8) is 0 Å². The molecule has 0 unspecified atom stereocenters. The van der Waals surface area contributed by atoms with Gasteiger partial charge in [-0.05, 0) is 31.4 Å². The molecule has 2 aliphatic rings. The number of carbonyl (C=O) groups excluding carboxylic acids is 3. The Morgan fingerprint density at radius 3 is 2.38 bits per heavy atom. The van der Waals surface area contributed by atoms with E-state index in [1.807, 2.05) is 43.3 Å². The number of hydrazine groups is 1. The molecule has 3 rings (SSSR count). The van der Waals surface area contributed by atoms with Crippen LogP contribution in [0.4, 0.5) is 5.69 Å². The lowest BCUT2D eigenvalue weighted by Gasteiger charge is -2.15. The number of fused-ring (bicyclic) bond motifs is 1. The SMILES string of the molecule is Cc1ccccc1NNC(=O)CCN1C(=O)[C@H]2CC=CC[C@@H]2C1=O. The molecule has 6 heteroatoms. The fourth-order valence-electron chi connectivity index (χ4n) is 3.22. The highest BCUT2D eigenvalue weighted by molar-refractivity contribution is 6.05. The molecule has 1 aliphatic carbocycles. The first-order valence-corrected chi connectivity index (χ1v) is 8.18. The number of hydrogen-bond donors (Lipinski definition) is 2. The van der Waals surface area contributed by atoms with Crippen LogP contribution in [0.2, 0.25) is 0 Å². The van der Waals surface area contributed by atoms with E-state index >= 15 is 0 Å². The molecular formula is C18H21N3O3. The smallest absolute Gasteiger partial charge is 0.240 e. The van der Waals surface area contributed by atoms with Gasteiger partial charge >= 0.3 is 0 Å². The zero-order chi connectivity index (χ0) is 17.1. The maximum atomic E-state index is 12.3. The maximum absolute atomic E-state index is 12.3. The Kier molecular flexibility index (Phi) is 4.64. The number of rotatable bonds is 5. The van der Waals surface area contributed by atoms with Gasteiger partial charge in [0.1, 0.15) is 0 Å². The molecule has 1 aromatic carbocycles. The van der Waals surface area contributed by atoms with E-state index in [4.69, 9.17) is 0 Å². The van der Waals surface area contributed by atoms with Gasteiger partial charge in [0.25, 0.3) is 0 Å². The van der Waals surface area contributed by atoms with E-state index in [0.29, 0.717) is 12.8 Å². The molecule has 2 N–H and O–H groups in total. The summed E-state index contributed by atoms with van der Waals surface area (Å²) < 4.78 is 0. The predicted octanol–water partition coefficient (Wildman–Crippen LogP) is 1.78. The van der Waals surface area contributed by atoms with E-state index in [2.05, 4.69) is 10.9 Å². The number of likely N-dealkylation sites (tertiary alicyclic amines) is 1. The van der Waals surface area contributed by atoms with Crippen LogP contribution in [0.25, 0.3) is 0 Å². The normalized spacial score (nSPS) is 22.5. The van der Waals surface area contributed by atoms with E-state index in [9.17, 15) is 14.4 Å². The standard InChI is InChI=1S/C18H21N3O3/c1-12-6-2-5-9-15(12)19-20-16(22)10-11-21-17(23)13-7-3-4-8-14(13)18(21)24/h2-6,9,13-14,19H,7-8,10-11H2,1H3,(H,20,22)/t13-,14-/m0/s1. The molecule has 1 aliphatic heterocycles. The first kappa shape index (κ1) is 16.2. The maximum Gasteiger partial charge on any atom is 0.240 e. The van der Waals surface area contributed by atoms with E-state index in [0.717, 1.165) is 11.3 Å². The van der Waals surface area contributed by atoms with Crippen molar-refractivity contribution in [2.24, 2.45) is 11.8 Å². The minimum absolute atomic E-state index is 0.0865. The fourth-order valence-corrected chi connectivity index (χ4v) is 3.22. The minimum Gasteiger partial charge on any atom is -0.298 e. The quantitative estimate of drug-likeness (QED) is 0.491. The Morgan fingerprint density at radius 2 is 1.75 bits per heavy atom. The number of imide groups is 1. The Labute approximate surface area is 140 Å². The summed E-state index contributed by atoms with van der Waals surface area (Å²) in [7, 11) is 0. The summed E-state index contributed by atoms with van der Waals surface area (Å²) in [4.78, 5) is 37.8. The average Bonchev–Trinajstić information content (AvgIpc) is 2.84. The van der Waals surface area contributed by atoms with Crippen molar-refractivity contribution in [2.75, 3.05) is 12.0 Å². The second-order valence-electron chi connectivity index (χ2n) is 6.22. The Hall–Kier alpha value is -2.63. The van der Waals surface area contributed by atoms with Gasteiger partial charge in [-0.1, -0.05) is 30.4 Å². The van der Waals surface area contributed by atoms with Gasteiger partial charge < -0.3 is 0 Å². The Morgan fingerprint density at radius 1 is 1.12 bits per heavy atom. The predicted molar refractivity (Wildman–Crippen MR) is 89.6 cm³/mol. The van der Waals surface area contributed by atoms with Crippen LogP contribution in [0, 0.1) is 18.8 Å².